The summed E-state index contributed by atoms with van der Waals surface area (Å²) in [5.41, 5.74) is 0. The van der Waals surface area contributed by atoms with E-state index < -0.39 is 16.1 Å². The molecule has 1 unspecified atom stereocenters. The molecule has 10 heteroatoms. The third-order valence-electron chi connectivity index (χ3n) is 5.08. The number of para-hydroxylation sites is 2. The van der Waals surface area contributed by atoms with Crippen molar-refractivity contribution < 1.29 is 27.4 Å². The number of hydrogen-bond acceptors (Lipinski definition) is 6. The van der Waals surface area contributed by atoms with Crippen molar-refractivity contribution in [3.05, 3.63) is 47.5 Å². The van der Waals surface area contributed by atoms with Crippen LogP contribution in [0, 0.1) is 0 Å². The van der Waals surface area contributed by atoms with E-state index in [1.807, 2.05) is 12.1 Å². The molecule has 1 amide bonds. The first kappa shape index (κ1) is 20.8. The van der Waals surface area contributed by atoms with Crippen molar-refractivity contribution in [3.63, 3.8) is 0 Å². The molecule has 2 aromatic carbocycles. The number of carbonyl (C=O) groups is 1. The Morgan fingerprint density at radius 3 is 2.50 bits per heavy atom. The molecular formula is C20H21ClN2O6S. The molecule has 0 spiro atoms. The second-order valence-electron chi connectivity index (χ2n) is 6.89. The fourth-order valence-corrected chi connectivity index (χ4v) is 5.33. The first-order valence-corrected chi connectivity index (χ1v) is 11.2. The van der Waals surface area contributed by atoms with Crippen molar-refractivity contribution in [1.29, 1.82) is 0 Å². The van der Waals surface area contributed by atoms with Crippen LogP contribution < -0.4 is 14.2 Å². The summed E-state index contributed by atoms with van der Waals surface area (Å²) in [5.74, 6) is 1.13. The first-order chi connectivity index (χ1) is 14.4. The number of nitrogens with zero attached hydrogens (tertiary/aromatic N) is 2. The lowest BCUT2D eigenvalue weighted by molar-refractivity contribution is -0.142. The lowest BCUT2D eigenvalue weighted by Gasteiger charge is -2.36. The highest BCUT2D eigenvalue weighted by atomic mass is 35.5. The predicted octanol–water partition coefficient (Wildman–Crippen LogP) is 2.02. The molecule has 0 aliphatic carbocycles. The smallest absolute Gasteiger partial charge is 0.267 e. The summed E-state index contributed by atoms with van der Waals surface area (Å²) >= 11 is 5.99. The van der Waals surface area contributed by atoms with Crippen LogP contribution in [0.25, 0.3) is 0 Å². The first-order valence-electron chi connectivity index (χ1n) is 9.41. The summed E-state index contributed by atoms with van der Waals surface area (Å²) in [7, 11) is -2.41. The standard InChI is InChI=1S/C20H21ClN2O6S/c1-27-17-7-6-14(21)12-19(17)30(25,26)23-10-8-22(9-11-23)20(24)18-13-28-15-4-2-3-5-16(15)29-18/h2-7,12,18H,8-11,13H2,1H3. The van der Waals surface area contributed by atoms with Gasteiger partial charge in [-0.1, -0.05) is 23.7 Å². The van der Waals surface area contributed by atoms with E-state index in [2.05, 4.69) is 0 Å². The minimum atomic E-state index is -3.81. The van der Waals surface area contributed by atoms with Crippen molar-refractivity contribution in [1.82, 2.24) is 9.21 Å². The average molecular weight is 453 g/mol. The molecule has 0 aromatic heterocycles. The van der Waals surface area contributed by atoms with Crippen LogP contribution in [0.5, 0.6) is 17.2 Å². The SMILES string of the molecule is COc1ccc(Cl)cc1S(=O)(=O)N1CCN(C(=O)C2COc3ccccc3O2)CC1. The molecule has 2 aliphatic rings. The summed E-state index contributed by atoms with van der Waals surface area (Å²) in [6, 6.07) is 11.6. The number of halogens is 1. The summed E-state index contributed by atoms with van der Waals surface area (Å²) in [4.78, 5) is 14.5. The zero-order valence-electron chi connectivity index (χ0n) is 16.3. The number of sulfonamides is 1. The van der Waals surface area contributed by atoms with Gasteiger partial charge in [0.1, 0.15) is 17.3 Å². The van der Waals surface area contributed by atoms with Gasteiger partial charge in [0.25, 0.3) is 5.91 Å². The third-order valence-corrected chi connectivity index (χ3v) is 7.23. The van der Waals surface area contributed by atoms with Gasteiger partial charge in [0.05, 0.1) is 7.11 Å². The maximum Gasteiger partial charge on any atom is 0.267 e. The van der Waals surface area contributed by atoms with E-state index in [4.69, 9.17) is 25.8 Å². The van der Waals surface area contributed by atoms with Crippen LogP contribution in [-0.2, 0) is 14.8 Å². The zero-order valence-corrected chi connectivity index (χ0v) is 17.9. The van der Waals surface area contributed by atoms with Gasteiger partial charge in [-0.2, -0.15) is 4.31 Å². The Bertz CT molecular complexity index is 1050. The molecule has 0 saturated carbocycles. The van der Waals surface area contributed by atoms with Gasteiger partial charge in [0, 0.05) is 31.2 Å². The molecule has 30 heavy (non-hydrogen) atoms. The topological polar surface area (TPSA) is 85.4 Å². The van der Waals surface area contributed by atoms with Gasteiger partial charge in [0.2, 0.25) is 16.1 Å². The van der Waals surface area contributed by atoms with Crippen LogP contribution in [0.15, 0.2) is 47.4 Å². The highest BCUT2D eigenvalue weighted by molar-refractivity contribution is 7.89. The Morgan fingerprint density at radius 1 is 1.10 bits per heavy atom. The molecular weight excluding hydrogens is 432 g/mol. The van der Waals surface area contributed by atoms with Gasteiger partial charge in [0.15, 0.2) is 11.5 Å². The Kier molecular flexibility index (Phi) is 5.77. The molecule has 1 saturated heterocycles. The summed E-state index contributed by atoms with van der Waals surface area (Å²) in [6.45, 7) is 0.945. The van der Waals surface area contributed by atoms with Crippen molar-refractivity contribution in [3.8, 4) is 17.2 Å². The van der Waals surface area contributed by atoms with Gasteiger partial charge in [-0.3, -0.25) is 4.79 Å². The van der Waals surface area contributed by atoms with Gasteiger partial charge >= 0.3 is 0 Å². The molecule has 2 heterocycles. The zero-order chi connectivity index (χ0) is 21.3. The lowest BCUT2D eigenvalue weighted by Crippen LogP contribution is -2.55. The second kappa shape index (κ2) is 8.33. The fraction of sp³-hybridized carbons (Fsp3) is 0.350. The van der Waals surface area contributed by atoms with Crippen LogP contribution in [0.3, 0.4) is 0 Å². The summed E-state index contributed by atoms with van der Waals surface area (Å²) in [5, 5.41) is 0.304. The summed E-state index contributed by atoms with van der Waals surface area (Å²) in [6.07, 6.45) is -0.754. The largest absolute Gasteiger partial charge is 0.495 e. The molecule has 1 atom stereocenters. The van der Waals surface area contributed by atoms with E-state index in [-0.39, 0.29) is 49.3 Å². The van der Waals surface area contributed by atoms with Crippen LogP contribution in [-0.4, -0.2) is 69.5 Å². The van der Waals surface area contributed by atoms with Gasteiger partial charge in [-0.25, -0.2) is 8.42 Å². The van der Waals surface area contributed by atoms with E-state index in [0.717, 1.165) is 0 Å². The number of hydrogen-bond donors (Lipinski definition) is 0. The molecule has 2 aromatic rings. The highest BCUT2D eigenvalue weighted by Crippen LogP contribution is 2.32. The number of fused-ring (bicyclic) bond motifs is 1. The second-order valence-corrected chi connectivity index (χ2v) is 9.23. The van der Waals surface area contributed by atoms with Crippen LogP contribution in [0.4, 0.5) is 0 Å². The predicted molar refractivity (Wildman–Crippen MR) is 110 cm³/mol. The number of methoxy groups -OCH3 is 1. The van der Waals surface area contributed by atoms with Crippen LogP contribution >= 0.6 is 11.6 Å². The third kappa shape index (κ3) is 3.92. The molecule has 2 aliphatic heterocycles. The van der Waals surface area contributed by atoms with Crippen molar-refractivity contribution >= 4 is 27.5 Å². The minimum absolute atomic E-state index is 0.0119. The molecule has 0 bridgehead atoms. The molecule has 0 radical (unpaired) electrons. The Morgan fingerprint density at radius 2 is 1.80 bits per heavy atom. The van der Waals surface area contributed by atoms with Gasteiger partial charge < -0.3 is 19.1 Å². The van der Waals surface area contributed by atoms with E-state index in [9.17, 15) is 13.2 Å². The summed E-state index contributed by atoms with van der Waals surface area (Å²) < 4.78 is 44.1. The lowest BCUT2D eigenvalue weighted by atomic mass is 10.2. The fourth-order valence-electron chi connectivity index (χ4n) is 3.48. The highest BCUT2D eigenvalue weighted by Gasteiger charge is 2.36. The van der Waals surface area contributed by atoms with Crippen molar-refractivity contribution in [2.45, 2.75) is 11.0 Å². The number of ether oxygens (including phenoxy) is 3. The Labute approximate surface area is 179 Å². The monoisotopic (exact) mass is 452 g/mol. The van der Waals surface area contributed by atoms with Gasteiger partial charge in [-0.15, -0.1) is 0 Å². The molecule has 4 rings (SSSR count). The van der Waals surface area contributed by atoms with E-state index in [0.29, 0.717) is 16.5 Å². The van der Waals surface area contributed by atoms with Crippen LogP contribution in [0.2, 0.25) is 5.02 Å². The molecule has 1 fully saturated rings. The average Bonchev–Trinajstić information content (AvgIpc) is 2.78. The number of benzene rings is 2. The van der Waals surface area contributed by atoms with Crippen LogP contribution in [0.1, 0.15) is 0 Å². The van der Waals surface area contributed by atoms with E-state index in [1.165, 1.54) is 23.5 Å². The van der Waals surface area contributed by atoms with Gasteiger partial charge in [-0.05, 0) is 30.3 Å². The van der Waals surface area contributed by atoms with E-state index in [1.54, 1.807) is 23.1 Å². The number of piperazine rings is 1. The minimum Gasteiger partial charge on any atom is -0.495 e. The van der Waals surface area contributed by atoms with Crippen molar-refractivity contribution in [2.24, 2.45) is 0 Å². The Hall–Kier alpha value is -2.49. The normalized spacial score (nSPS) is 19.4. The Balaban J connectivity index is 1.43. The number of carbonyl (C=O) groups excluding carboxylic acids is 1. The molecule has 160 valence electrons. The maximum absolute atomic E-state index is 13.1. The molecule has 0 N–H and O–H groups in total. The molecule has 8 nitrogen and oxygen atoms in total. The maximum atomic E-state index is 13.1. The number of rotatable bonds is 4. The quantitative estimate of drug-likeness (QED) is 0.705. The van der Waals surface area contributed by atoms with Crippen molar-refractivity contribution in [2.75, 3.05) is 39.9 Å². The van der Waals surface area contributed by atoms with E-state index >= 15 is 0 Å². The number of amides is 1.